The molecule has 2 aromatic rings. The van der Waals surface area contributed by atoms with E-state index in [2.05, 4.69) is 10.3 Å². The van der Waals surface area contributed by atoms with Crippen LogP contribution >= 0.6 is 0 Å². The zero-order valence-electron chi connectivity index (χ0n) is 15.7. The number of esters is 1. The average molecular weight is 385 g/mol. The minimum absolute atomic E-state index is 0.0439. The summed E-state index contributed by atoms with van der Waals surface area (Å²) in [5.74, 6) is -0.614. The molecule has 2 N–H and O–H groups in total. The lowest BCUT2D eigenvalue weighted by atomic mass is 9.92. The number of rotatable bonds is 6. The minimum atomic E-state index is -0.778. The van der Waals surface area contributed by atoms with Gasteiger partial charge in [-0.2, -0.15) is 0 Å². The fraction of sp³-hybridized carbons (Fsp3) is 0.400. The van der Waals surface area contributed by atoms with E-state index in [1.165, 1.54) is 10.8 Å². The third-order valence-electron chi connectivity index (χ3n) is 4.83. The molecule has 3 rings (SSSR count). The lowest BCUT2D eigenvalue weighted by Gasteiger charge is -2.21. The van der Waals surface area contributed by atoms with Crippen molar-refractivity contribution >= 4 is 11.9 Å². The number of aryl methyl sites for hydroxylation is 1. The van der Waals surface area contributed by atoms with E-state index in [9.17, 15) is 19.2 Å². The number of aromatic amines is 1. The average Bonchev–Trinajstić information content (AvgIpc) is 2.68. The smallest absolute Gasteiger partial charge is 0.345 e. The topological polar surface area (TPSA) is 110 Å². The molecule has 0 saturated carbocycles. The number of hydrogen-bond acceptors (Lipinski definition) is 5. The van der Waals surface area contributed by atoms with Crippen LogP contribution in [0.25, 0.3) is 5.69 Å². The van der Waals surface area contributed by atoms with E-state index in [4.69, 9.17) is 4.74 Å². The number of H-pyrrole nitrogens is 1. The summed E-state index contributed by atoms with van der Waals surface area (Å²) in [7, 11) is 0. The van der Waals surface area contributed by atoms with Crippen molar-refractivity contribution in [1.29, 1.82) is 0 Å². The Hall–Kier alpha value is -3.16. The molecule has 0 aliphatic carbocycles. The quantitative estimate of drug-likeness (QED) is 0.725. The number of nitrogens with zero attached hydrogens (tertiary/aromatic N) is 1. The van der Waals surface area contributed by atoms with Crippen molar-refractivity contribution in [1.82, 2.24) is 14.9 Å². The fourth-order valence-corrected chi connectivity index (χ4v) is 3.29. The van der Waals surface area contributed by atoms with Gasteiger partial charge in [0.2, 0.25) is 5.91 Å². The Balaban J connectivity index is 1.76. The number of aromatic nitrogens is 2. The summed E-state index contributed by atoms with van der Waals surface area (Å²) in [6, 6.07) is 7.23. The van der Waals surface area contributed by atoms with Gasteiger partial charge in [-0.05, 0) is 50.3 Å². The Morgan fingerprint density at radius 3 is 2.64 bits per heavy atom. The zero-order chi connectivity index (χ0) is 20.1. The lowest BCUT2D eigenvalue weighted by molar-refractivity contribution is -0.126. The van der Waals surface area contributed by atoms with Crippen LogP contribution in [-0.2, 0) is 16.0 Å². The van der Waals surface area contributed by atoms with Gasteiger partial charge in [-0.3, -0.25) is 19.1 Å². The molecular formula is C20H23N3O5. The van der Waals surface area contributed by atoms with Gasteiger partial charge < -0.3 is 10.1 Å². The van der Waals surface area contributed by atoms with Gasteiger partial charge in [0.05, 0.1) is 12.3 Å². The Morgan fingerprint density at radius 1 is 1.21 bits per heavy atom. The molecule has 0 bridgehead atoms. The second-order valence-corrected chi connectivity index (χ2v) is 6.73. The lowest BCUT2D eigenvalue weighted by Crippen LogP contribution is -2.36. The summed E-state index contributed by atoms with van der Waals surface area (Å²) in [6.45, 7) is 2.52. The molecule has 148 valence electrons. The minimum Gasteiger partial charge on any atom is -0.462 e. The molecule has 1 atom stereocenters. The first-order valence-electron chi connectivity index (χ1n) is 9.39. The number of piperidine rings is 1. The Bertz CT molecular complexity index is 975. The first kappa shape index (κ1) is 19.6. The largest absolute Gasteiger partial charge is 0.462 e. The van der Waals surface area contributed by atoms with Crippen molar-refractivity contribution in [3.05, 3.63) is 62.4 Å². The highest BCUT2D eigenvalue weighted by Crippen LogP contribution is 2.19. The van der Waals surface area contributed by atoms with Gasteiger partial charge in [0.1, 0.15) is 5.56 Å². The molecular weight excluding hydrogens is 362 g/mol. The van der Waals surface area contributed by atoms with Gasteiger partial charge in [-0.25, -0.2) is 9.59 Å². The van der Waals surface area contributed by atoms with E-state index in [0.29, 0.717) is 5.69 Å². The van der Waals surface area contributed by atoms with Crippen molar-refractivity contribution < 1.29 is 14.3 Å². The van der Waals surface area contributed by atoms with Crippen LogP contribution < -0.4 is 16.6 Å². The third-order valence-corrected chi connectivity index (χ3v) is 4.83. The number of benzene rings is 1. The number of hydrogen-bond donors (Lipinski definition) is 2. The van der Waals surface area contributed by atoms with Gasteiger partial charge in [-0.1, -0.05) is 12.1 Å². The molecule has 1 unspecified atom stereocenters. The number of carbonyl (C=O) groups is 2. The Kier molecular flexibility index (Phi) is 6.08. The van der Waals surface area contributed by atoms with Crippen molar-refractivity contribution in [3.63, 3.8) is 0 Å². The summed E-state index contributed by atoms with van der Waals surface area (Å²) in [5, 5.41) is 2.89. The van der Waals surface area contributed by atoms with Gasteiger partial charge in [0, 0.05) is 18.7 Å². The normalized spacial score (nSPS) is 16.5. The SMILES string of the molecule is CCOC(=O)c1cn(-c2ccc(CCC3CCCNC3=O)cc2)c(=O)[nH]c1=O. The van der Waals surface area contributed by atoms with Gasteiger partial charge in [0.15, 0.2) is 0 Å². The summed E-state index contributed by atoms with van der Waals surface area (Å²) < 4.78 is 6.05. The first-order chi connectivity index (χ1) is 13.5. The van der Waals surface area contributed by atoms with E-state index in [0.717, 1.165) is 37.8 Å². The second-order valence-electron chi connectivity index (χ2n) is 6.73. The molecule has 8 nitrogen and oxygen atoms in total. The van der Waals surface area contributed by atoms with E-state index in [1.807, 2.05) is 12.1 Å². The van der Waals surface area contributed by atoms with E-state index < -0.39 is 17.2 Å². The third kappa shape index (κ3) is 4.39. The highest BCUT2D eigenvalue weighted by Gasteiger charge is 2.21. The standard InChI is InChI=1S/C20H23N3O5/c1-2-28-19(26)16-12-23(20(27)22-18(16)25)15-9-6-13(7-10-15)5-8-14-4-3-11-21-17(14)24/h6-7,9-10,12,14H,2-5,8,11H2,1H3,(H,21,24)(H,22,25,27). The summed E-state index contributed by atoms with van der Waals surface area (Å²) in [4.78, 5) is 49.9. The highest BCUT2D eigenvalue weighted by atomic mass is 16.5. The summed E-state index contributed by atoms with van der Waals surface area (Å²) in [5.41, 5.74) is -0.0724. The number of carbonyl (C=O) groups excluding carboxylic acids is 2. The van der Waals surface area contributed by atoms with Crippen LogP contribution in [0.3, 0.4) is 0 Å². The van der Waals surface area contributed by atoms with Crippen LogP contribution in [0.2, 0.25) is 0 Å². The molecule has 28 heavy (non-hydrogen) atoms. The summed E-state index contributed by atoms with van der Waals surface area (Å²) in [6.07, 6.45) is 4.64. The van der Waals surface area contributed by atoms with Gasteiger partial charge >= 0.3 is 11.7 Å². The molecule has 0 spiro atoms. The van der Waals surface area contributed by atoms with Gasteiger partial charge in [-0.15, -0.1) is 0 Å². The molecule has 8 heteroatoms. The summed E-state index contributed by atoms with van der Waals surface area (Å²) >= 11 is 0. The molecule has 1 amide bonds. The number of amides is 1. The van der Waals surface area contributed by atoms with Crippen LogP contribution in [0.1, 0.15) is 42.1 Å². The molecule has 1 aromatic carbocycles. The predicted molar refractivity (Wildman–Crippen MR) is 103 cm³/mol. The molecule has 0 radical (unpaired) electrons. The van der Waals surface area contributed by atoms with Crippen molar-refractivity contribution in [2.24, 2.45) is 5.92 Å². The number of ether oxygens (including phenoxy) is 1. The molecule has 2 heterocycles. The molecule has 1 aliphatic rings. The van der Waals surface area contributed by atoms with Gasteiger partial charge in [0.25, 0.3) is 5.56 Å². The molecule has 1 fully saturated rings. The van der Waals surface area contributed by atoms with Crippen LogP contribution in [0.5, 0.6) is 0 Å². The fourth-order valence-electron chi connectivity index (χ4n) is 3.29. The maximum absolute atomic E-state index is 12.1. The van der Waals surface area contributed by atoms with E-state index in [-0.39, 0.29) is 24.0 Å². The molecule has 1 aliphatic heterocycles. The Morgan fingerprint density at radius 2 is 1.96 bits per heavy atom. The maximum atomic E-state index is 12.1. The number of nitrogens with one attached hydrogen (secondary N) is 2. The van der Waals surface area contributed by atoms with E-state index >= 15 is 0 Å². The van der Waals surface area contributed by atoms with E-state index in [1.54, 1.807) is 19.1 Å². The van der Waals surface area contributed by atoms with Crippen molar-refractivity contribution in [2.45, 2.75) is 32.6 Å². The van der Waals surface area contributed by atoms with Crippen molar-refractivity contribution in [2.75, 3.05) is 13.2 Å². The monoisotopic (exact) mass is 385 g/mol. The maximum Gasteiger partial charge on any atom is 0.345 e. The Labute approximate surface area is 161 Å². The highest BCUT2D eigenvalue weighted by molar-refractivity contribution is 5.88. The van der Waals surface area contributed by atoms with Crippen LogP contribution in [-0.4, -0.2) is 34.6 Å². The van der Waals surface area contributed by atoms with Crippen LogP contribution in [0.4, 0.5) is 0 Å². The molecule has 1 aromatic heterocycles. The van der Waals surface area contributed by atoms with Crippen LogP contribution in [0.15, 0.2) is 40.1 Å². The first-order valence-corrected chi connectivity index (χ1v) is 9.39. The molecule has 1 saturated heterocycles. The second kappa shape index (κ2) is 8.69. The zero-order valence-corrected chi connectivity index (χ0v) is 15.7. The van der Waals surface area contributed by atoms with Crippen molar-refractivity contribution in [3.8, 4) is 5.69 Å². The predicted octanol–water partition coefficient (Wildman–Crippen LogP) is 1.16. The van der Waals surface area contributed by atoms with Crippen LogP contribution in [0, 0.1) is 5.92 Å².